The number of rotatable bonds is 6. The first kappa shape index (κ1) is 22.6. The number of hydrogen-bond acceptors (Lipinski definition) is 6. The molecule has 2 heterocycles. The molecule has 0 atom stereocenters. The van der Waals surface area contributed by atoms with Gasteiger partial charge in [-0.1, -0.05) is 11.6 Å². The fourth-order valence-electron chi connectivity index (χ4n) is 3.07. The van der Waals surface area contributed by atoms with E-state index in [0.717, 1.165) is 0 Å². The molecule has 0 bridgehead atoms. The number of halogens is 3. The van der Waals surface area contributed by atoms with E-state index in [9.17, 15) is 23.2 Å². The summed E-state index contributed by atoms with van der Waals surface area (Å²) in [5.41, 5.74) is 2.48. The number of H-pyrrole nitrogens is 1. The molecule has 166 valence electrons. The number of hydrogen-bond donors (Lipinski definition) is 3. The third kappa shape index (κ3) is 5.56. The molecule has 1 fully saturated rings. The van der Waals surface area contributed by atoms with Gasteiger partial charge in [0.1, 0.15) is 5.69 Å². The van der Waals surface area contributed by atoms with Gasteiger partial charge in [-0.2, -0.15) is 5.10 Å². The molecule has 2 amide bonds. The van der Waals surface area contributed by atoms with Crippen molar-refractivity contribution in [2.75, 3.05) is 25.0 Å². The van der Waals surface area contributed by atoms with Gasteiger partial charge in [-0.05, 0) is 31.9 Å². The van der Waals surface area contributed by atoms with Gasteiger partial charge < -0.3 is 10.1 Å². The Labute approximate surface area is 181 Å². The van der Waals surface area contributed by atoms with Gasteiger partial charge in [0.25, 0.3) is 11.8 Å². The van der Waals surface area contributed by atoms with Crippen molar-refractivity contribution in [3.05, 3.63) is 46.1 Å². The summed E-state index contributed by atoms with van der Waals surface area (Å²) in [5, 5.41) is 10.1. The minimum Gasteiger partial charge on any atom is -0.466 e. The fourth-order valence-corrected chi connectivity index (χ4v) is 3.31. The average molecular weight is 456 g/mol. The normalized spacial score (nSPS) is 14.8. The van der Waals surface area contributed by atoms with Crippen LogP contribution in [-0.2, 0) is 9.53 Å². The molecule has 0 radical (unpaired) electrons. The van der Waals surface area contributed by atoms with Gasteiger partial charge in [0.05, 0.1) is 23.1 Å². The number of ether oxygens (including phenoxy) is 1. The molecule has 1 aromatic carbocycles. The Morgan fingerprint density at radius 2 is 1.87 bits per heavy atom. The Bertz CT molecular complexity index is 992. The smallest absolute Gasteiger partial charge is 0.309 e. The van der Waals surface area contributed by atoms with Crippen LogP contribution in [0.5, 0.6) is 0 Å². The summed E-state index contributed by atoms with van der Waals surface area (Å²) in [6.45, 7) is 3.03. The van der Waals surface area contributed by atoms with Gasteiger partial charge >= 0.3 is 5.97 Å². The predicted molar refractivity (Wildman–Crippen MR) is 106 cm³/mol. The molecular formula is C19H20ClF2N5O4. The number of amides is 2. The van der Waals surface area contributed by atoms with Crippen molar-refractivity contribution >= 4 is 35.2 Å². The largest absolute Gasteiger partial charge is 0.466 e. The van der Waals surface area contributed by atoms with Crippen LogP contribution in [0.15, 0.2) is 18.2 Å². The number of anilines is 1. The van der Waals surface area contributed by atoms with E-state index >= 15 is 0 Å². The summed E-state index contributed by atoms with van der Waals surface area (Å²) in [6, 6.07) is 2.65. The Kier molecular flexibility index (Phi) is 7.18. The molecule has 0 unspecified atom stereocenters. The maximum absolute atomic E-state index is 13.4. The van der Waals surface area contributed by atoms with E-state index in [0.29, 0.717) is 44.7 Å². The zero-order valence-corrected chi connectivity index (χ0v) is 17.3. The number of carbonyl (C=O) groups is 3. The van der Waals surface area contributed by atoms with E-state index in [2.05, 4.69) is 20.9 Å². The summed E-state index contributed by atoms with van der Waals surface area (Å²) in [5.74, 6) is -4.13. The van der Waals surface area contributed by atoms with Crippen LogP contribution in [-0.4, -0.2) is 52.7 Å². The summed E-state index contributed by atoms with van der Waals surface area (Å²) < 4.78 is 31.5. The maximum Gasteiger partial charge on any atom is 0.309 e. The molecule has 12 heteroatoms. The number of benzene rings is 1. The molecule has 0 saturated carbocycles. The fraction of sp³-hybridized carbons (Fsp3) is 0.368. The van der Waals surface area contributed by atoms with E-state index < -0.39 is 23.4 Å². The first-order valence-electron chi connectivity index (χ1n) is 9.52. The quantitative estimate of drug-likeness (QED) is 0.455. The molecule has 3 rings (SSSR count). The summed E-state index contributed by atoms with van der Waals surface area (Å²) in [4.78, 5) is 36.4. The highest BCUT2D eigenvalue weighted by molar-refractivity contribution is 6.34. The van der Waals surface area contributed by atoms with Crippen molar-refractivity contribution in [3.63, 3.8) is 0 Å². The first-order valence-corrected chi connectivity index (χ1v) is 9.90. The molecule has 31 heavy (non-hydrogen) atoms. The van der Waals surface area contributed by atoms with Crippen molar-refractivity contribution in [1.82, 2.24) is 20.6 Å². The lowest BCUT2D eigenvalue weighted by molar-refractivity contribution is -0.149. The van der Waals surface area contributed by atoms with Gasteiger partial charge in [-0.15, -0.1) is 0 Å². The van der Waals surface area contributed by atoms with Crippen LogP contribution in [0.1, 0.15) is 40.6 Å². The van der Waals surface area contributed by atoms with Gasteiger partial charge in [0.2, 0.25) is 0 Å². The van der Waals surface area contributed by atoms with Crippen LogP contribution >= 0.6 is 11.6 Å². The van der Waals surface area contributed by atoms with Crippen molar-refractivity contribution in [2.24, 2.45) is 5.92 Å². The predicted octanol–water partition coefficient (Wildman–Crippen LogP) is 2.51. The number of nitrogens with one attached hydrogen (secondary N) is 3. The van der Waals surface area contributed by atoms with E-state index in [-0.39, 0.29) is 34.0 Å². The average Bonchev–Trinajstić information content (AvgIpc) is 3.20. The number of aromatic amines is 1. The second kappa shape index (κ2) is 9.84. The topological polar surface area (TPSA) is 116 Å². The van der Waals surface area contributed by atoms with Gasteiger partial charge in [-0.25, -0.2) is 13.8 Å². The van der Waals surface area contributed by atoms with E-state index in [1.54, 1.807) is 11.9 Å². The Balaban J connectivity index is 1.55. The molecule has 2 aromatic rings. The number of piperidine rings is 1. The highest BCUT2D eigenvalue weighted by Gasteiger charge is 2.27. The Morgan fingerprint density at radius 1 is 1.19 bits per heavy atom. The van der Waals surface area contributed by atoms with E-state index in [4.69, 9.17) is 16.3 Å². The zero-order valence-electron chi connectivity index (χ0n) is 16.5. The molecule has 1 aliphatic rings. The van der Waals surface area contributed by atoms with Crippen LogP contribution < -0.4 is 10.7 Å². The van der Waals surface area contributed by atoms with Crippen LogP contribution in [0.2, 0.25) is 5.02 Å². The van der Waals surface area contributed by atoms with Crippen molar-refractivity contribution in [1.29, 1.82) is 0 Å². The molecule has 1 aromatic heterocycles. The minimum absolute atomic E-state index is 0.00281. The summed E-state index contributed by atoms with van der Waals surface area (Å²) in [6.07, 6.45) is 1.11. The van der Waals surface area contributed by atoms with Crippen LogP contribution in [0.4, 0.5) is 14.6 Å². The molecule has 0 spiro atoms. The monoisotopic (exact) mass is 455 g/mol. The van der Waals surface area contributed by atoms with E-state index in [1.165, 1.54) is 6.07 Å². The third-order valence-electron chi connectivity index (χ3n) is 4.69. The highest BCUT2D eigenvalue weighted by atomic mass is 35.5. The van der Waals surface area contributed by atoms with Gasteiger partial charge in [0, 0.05) is 19.2 Å². The highest BCUT2D eigenvalue weighted by Crippen LogP contribution is 2.21. The molecule has 9 nitrogen and oxygen atoms in total. The van der Waals surface area contributed by atoms with Crippen LogP contribution in [0.3, 0.4) is 0 Å². The number of nitrogens with zero attached hydrogens (tertiary/aromatic N) is 2. The Morgan fingerprint density at radius 3 is 2.55 bits per heavy atom. The molecule has 3 N–H and O–H groups in total. The van der Waals surface area contributed by atoms with Crippen molar-refractivity contribution < 1.29 is 27.9 Å². The van der Waals surface area contributed by atoms with Crippen LogP contribution in [0, 0.1) is 17.6 Å². The molecular weight excluding hydrogens is 436 g/mol. The molecule has 1 aliphatic heterocycles. The van der Waals surface area contributed by atoms with Crippen molar-refractivity contribution in [3.8, 4) is 0 Å². The molecule has 0 aliphatic carbocycles. The first-order chi connectivity index (χ1) is 14.8. The van der Waals surface area contributed by atoms with Crippen LogP contribution in [0.25, 0.3) is 0 Å². The summed E-state index contributed by atoms with van der Waals surface area (Å²) >= 11 is 5.78. The van der Waals surface area contributed by atoms with Gasteiger partial charge in [-0.3, -0.25) is 24.9 Å². The maximum atomic E-state index is 13.4. The Hall–Kier alpha value is -3.05. The number of aromatic nitrogens is 2. The third-order valence-corrected chi connectivity index (χ3v) is 5.01. The standard InChI is InChI=1S/C19H20ClF2N5O4/c1-2-31-19(30)10-3-5-27(6-4-10)26-18(29)15-9-16(25-24-15)23-17(28)11-7-13(21)14(22)8-12(11)20/h7-10H,2-6H2,1H3,(H,26,29)(H2,23,24,25,28). The number of carbonyl (C=O) groups excluding carboxylic acids is 3. The molecule has 1 saturated heterocycles. The van der Waals surface area contributed by atoms with Crippen molar-refractivity contribution in [2.45, 2.75) is 19.8 Å². The zero-order chi connectivity index (χ0) is 22.5. The lowest BCUT2D eigenvalue weighted by Gasteiger charge is -2.30. The second-order valence-electron chi connectivity index (χ2n) is 6.82. The second-order valence-corrected chi connectivity index (χ2v) is 7.23. The number of hydrazine groups is 1. The lowest BCUT2D eigenvalue weighted by Crippen LogP contribution is -2.47. The minimum atomic E-state index is -1.22. The lowest BCUT2D eigenvalue weighted by atomic mass is 9.98. The van der Waals surface area contributed by atoms with E-state index in [1.807, 2.05) is 0 Å². The number of esters is 1. The summed E-state index contributed by atoms with van der Waals surface area (Å²) in [7, 11) is 0. The van der Waals surface area contributed by atoms with Gasteiger partial charge in [0.15, 0.2) is 17.5 Å². The SMILES string of the molecule is CCOC(=O)C1CCN(NC(=O)c2cc(NC(=O)c3cc(F)c(F)cc3Cl)n[nH]2)CC1.